The van der Waals surface area contributed by atoms with Gasteiger partial charge in [-0.2, -0.15) is 0 Å². The molecule has 0 aliphatic heterocycles. The number of aryl methyl sites for hydroxylation is 1. The SMILES string of the molecule is Cc1ncccc1C(=O)OC(=O)OC(C)(C)C. The van der Waals surface area contributed by atoms with E-state index in [1.807, 2.05) is 0 Å². The monoisotopic (exact) mass is 237 g/mol. The number of hydrogen-bond acceptors (Lipinski definition) is 5. The maximum absolute atomic E-state index is 11.6. The molecule has 0 aliphatic rings. The number of ether oxygens (including phenoxy) is 2. The van der Waals surface area contributed by atoms with Crippen LogP contribution in [0.3, 0.4) is 0 Å². The first-order valence-corrected chi connectivity index (χ1v) is 5.16. The Bertz CT molecular complexity index is 434. The van der Waals surface area contributed by atoms with Crippen molar-refractivity contribution < 1.29 is 19.1 Å². The molecule has 1 rings (SSSR count). The molecule has 0 N–H and O–H groups in total. The average molecular weight is 237 g/mol. The summed E-state index contributed by atoms with van der Waals surface area (Å²) in [7, 11) is 0. The van der Waals surface area contributed by atoms with E-state index < -0.39 is 17.7 Å². The Labute approximate surface area is 99.8 Å². The number of carbonyl (C=O) groups excluding carboxylic acids is 2. The average Bonchev–Trinajstić information content (AvgIpc) is 2.14. The summed E-state index contributed by atoms with van der Waals surface area (Å²) in [6.07, 6.45) is 0.547. The molecule has 1 heterocycles. The van der Waals surface area contributed by atoms with Crippen LogP contribution in [0.2, 0.25) is 0 Å². The van der Waals surface area contributed by atoms with Crippen molar-refractivity contribution >= 4 is 12.1 Å². The van der Waals surface area contributed by atoms with Gasteiger partial charge in [-0.05, 0) is 39.8 Å². The molecule has 0 aliphatic carbocycles. The zero-order valence-corrected chi connectivity index (χ0v) is 10.3. The minimum Gasteiger partial charge on any atom is -0.428 e. The molecule has 92 valence electrons. The molecule has 0 saturated heterocycles. The third-order valence-electron chi connectivity index (χ3n) is 1.79. The molecule has 1 aromatic rings. The van der Waals surface area contributed by atoms with Crippen LogP contribution in [0.1, 0.15) is 36.8 Å². The molecule has 5 nitrogen and oxygen atoms in total. The summed E-state index contributed by atoms with van der Waals surface area (Å²) in [6.45, 7) is 6.72. The Kier molecular flexibility index (Phi) is 3.83. The molecule has 5 heteroatoms. The molecule has 0 atom stereocenters. The summed E-state index contributed by atoms with van der Waals surface area (Å²) in [5.74, 6) is -0.759. The van der Waals surface area contributed by atoms with Crippen LogP contribution < -0.4 is 0 Å². The van der Waals surface area contributed by atoms with Crippen LogP contribution in [0.15, 0.2) is 18.3 Å². The fourth-order valence-corrected chi connectivity index (χ4v) is 1.10. The molecule has 0 radical (unpaired) electrons. The van der Waals surface area contributed by atoms with Crippen molar-refractivity contribution in [1.82, 2.24) is 4.98 Å². The maximum atomic E-state index is 11.6. The first-order chi connectivity index (χ1) is 7.79. The largest absolute Gasteiger partial charge is 0.516 e. The van der Waals surface area contributed by atoms with E-state index in [1.54, 1.807) is 40.0 Å². The molecule has 0 amide bonds. The van der Waals surface area contributed by atoms with Crippen molar-refractivity contribution in [2.24, 2.45) is 0 Å². The molecule has 0 fully saturated rings. The second-order valence-electron chi connectivity index (χ2n) is 4.49. The van der Waals surface area contributed by atoms with Gasteiger partial charge in [0.15, 0.2) is 0 Å². The van der Waals surface area contributed by atoms with E-state index in [9.17, 15) is 9.59 Å². The lowest BCUT2D eigenvalue weighted by Crippen LogP contribution is -2.26. The molecular weight excluding hydrogens is 222 g/mol. The van der Waals surface area contributed by atoms with E-state index in [0.29, 0.717) is 5.69 Å². The van der Waals surface area contributed by atoms with Gasteiger partial charge in [-0.15, -0.1) is 0 Å². The van der Waals surface area contributed by atoms with Crippen LogP contribution in [-0.2, 0) is 9.47 Å². The van der Waals surface area contributed by atoms with Gasteiger partial charge < -0.3 is 9.47 Å². The van der Waals surface area contributed by atoms with Gasteiger partial charge in [0, 0.05) is 6.20 Å². The third kappa shape index (κ3) is 4.22. The van der Waals surface area contributed by atoms with Crippen LogP contribution in [0.25, 0.3) is 0 Å². The van der Waals surface area contributed by atoms with Crippen molar-refractivity contribution in [3.63, 3.8) is 0 Å². The fraction of sp³-hybridized carbons (Fsp3) is 0.417. The lowest BCUT2D eigenvalue weighted by molar-refractivity contribution is -0.00158. The Morgan fingerprint density at radius 1 is 1.29 bits per heavy atom. The number of carbonyl (C=O) groups is 2. The van der Waals surface area contributed by atoms with Gasteiger partial charge in [0.2, 0.25) is 0 Å². The molecular formula is C12H15NO4. The molecule has 0 aromatic carbocycles. The van der Waals surface area contributed by atoms with Gasteiger partial charge in [0.25, 0.3) is 0 Å². The highest BCUT2D eigenvalue weighted by molar-refractivity contribution is 5.96. The van der Waals surface area contributed by atoms with Crippen molar-refractivity contribution in [2.75, 3.05) is 0 Å². The van der Waals surface area contributed by atoms with E-state index in [-0.39, 0.29) is 5.56 Å². The van der Waals surface area contributed by atoms with Gasteiger partial charge in [0.1, 0.15) is 5.60 Å². The zero-order valence-electron chi connectivity index (χ0n) is 10.3. The number of nitrogens with zero attached hydrogens (tertiary/aromatic N) is 1. The number of hydrogen-bond donors (Lipinski definition) is 0. The van der Waals surface area contributed by atoms with Crippen molar-refractivity contribution in [1.29, 1.82) is 0 Å². The summed E-state index contributed by atoms with van der Waals surface area (Å²) in [5.41, 5.74) is 0.0564. The number of aromatic nitrogens is 1. The first-order valence-electron chi connectivity index (χ1n) is 5.16. The van der Waals surface area contributed by atoms with Crippen molar-refractivity contribution in [3.05, 3.63) is 29.6 Å². The predicted molar refractivity (Wildman–Crippen MR) is 60.6 cm³/mol. The van der Waals surface area contributed by atoms with Crippen molar-refractivity contribution in [2.45, 2.75) is 33.3 Å². The Balaban J connectivity index is 2.68. The second-order valence-corrected chi connectivity index (χ2v) is 4.49. The van der Waals surface area contributed by atoms with Crippen molar-refractivity contribution in [3.8, 4) is 0 Å². The summed E-state index contributed by atoms with van der Waals surface area (Å²) < 4.78 is 9.42. The van der Waals surface area contributed by atoms with Crippen LogP contribution >= 0.6 is 0 Å². The third-order valence-corrected chi connectivity index (χ3v) is 1.79. The highest BCUT2D eigenvalue weighted by atomic mass is 16.7. The molecule has 1 aromatic heterocycles. The van der Waals surface area contributed by atoms with Gasteiger partial charge in [-0.1, -0.05) is 0 Å². The summed E-state index contributed by atoms with van der Waals surface area (Å²) in [5, 5.41) is 0. The topological polar surface area (TPSA) is 65.5 Å². The van der Waals surface area contributed by atoms with E-state index >= 15 is 0 Å². The summed E-state index contributed by atoms with van der Waals surface area (Å²) >= 11 is 0. The van der Waals surface area contributed by atoms with Gasteiger partial charge in [0.05, 0.1) is 11.3 Å². The smallest absolute Gasteiger partial charge is 0.428 e. The van der Waals surface area contributed by atoms with Gasteiger partial charge in [-0.3, -0.25) is 4.98 Å². The number of esters is 1. The zero-order chi connectivity index (χ0) is 13.1. The Hall–Kier alpha value is -1.91. The van der Waals surface area contributed by atoms with E-state index in [0.717, 1.165) is 0 Å². The van der Waals surface area contributed by atoms with Crippen LogP contribution in [0, 0.1) is 6.92 Å². The quantitative estimate of drug-likeness (QED) is 0.554. The van der Waals surface area contributed by atoms with E-state index in [2.05, 4.69) is 9.72 Å². The van der Waals surface area contributed by atoms with Crippen LogP contribution in [-0.4, -0.2) is 22.7 Å². The highest BCUT2D eigenvalue weighted by Crippen LogP contribution is 2.11. The lowest BCUT2D eigenvalue weighted by Gasteiger charge is -2.18. The molecule has 0 unspecified atom stereocenters. The molecule has 0 saturated carbocycles. The predicted octanol–water partition coefficient (Wildman–Crippen LogP) is 2.48. The molecule has 17 heavy (non-hydrogen) atoms. The number of rotatable bonds is 1. The van der Waals surface area contributed by atoms with E-state index in [1.165, 1.54) is 6.07 Å². The Morgan fingerprint density at radius 3 is 2.47 bits per heavy atom. The summed E-state index contributed by atoms with van der Waals surface area (Å²) in [4.78, 5) is 26.8. The highest BCUT2D eigenvalue weighted by Gasteiger charge is 2.21. The minimum absolute atomic E-state index is 0.248. The standard InChI is InChI=1S/C12H15NO4/c1-8-9(6-5-7-13-8)10(14)16-11(15)17-12(2,3)4/h5-7H,1-4H3. The van der Waals surface area contributed by atoms with Gasteiger partial charge in [-0.25, -0.2) is 9.59 Å². The normalized spacial score (nSPS) is 10.8. The second kappa shape index (κ2) is 4.95. The molecule has 0 bridgehead atoms. The fourth-order valence-electron chi connectivity index (χ4n) is 1.10. The van der Waals surface area contributed by atoms with Gasteiger partial charge >= 0.3 is 12.1 Å². The first kappa shape index (κ1) is 13.2. The minimum atomic E-state index is -1.01. The summed E-state index contributed by atoms with van der Waals surface area (Å²) in [6, 6.07) is 3.13. The number of pyridine rings is 1. The molecule has 0 spiro atoms. The Morgan fingerprint density at radius 2 is 1.94 bits per heavy atom. The maximum Gasteiger partial charge on any atom is 0.516 e. The van der Waals surface area contributed by atoms with Crippen LogP contribution in [0.4, 0.5) is 4.79 Å². The van der Waals surface area contributed by atoms with E-state index in [4.69, 9.17) is 4.74 Å². The van der Waals surface area contributed by atoms with Crippen LogP contribution in [0.5, 0.6) is 0 Å². The lowest BCUT2D eigenvalue weighted by atomic mass is 10.2.